The number of rotatable bonds is 6. The summed E-state index contributed by atoms with van der Waals surface area (Å²) in [4.78, 5) is 0. The molecule has 7 heteroatoms. The van der Waals surface area contributed by atoms with E-state index in [-0.39, 0.29) is 11.9 Å². The predicted molar refractivity (Wildman–Crippen MR) is 152 cm³/mol. The van der Waals surface area contributed by atoms with Crippen LogP contribution in [0.3, 0.4) is 0 Å². The van der Waals surface area contributed by atoms with Crippen molar-refractivity contribution in [3.63, 3.8) is 0 Å². The highest BCUT2D eigenvalue weighted by molar-refractivity contribution is 6.35. The van der Waals surface area contributed by atoms with Gasteiger partial charge in [0.1, 0.15) is 12.5 Å². The van der Waals surface area contributed by atoms with Gasteiger partial charge in [0.05, 0.1) is 16.4 Å². The van der Waals surface area contributed by atoms with E-state index >= 15 is 0 Å². The molecule has 0 fully saturated rings. The minimum atomic E-state index is -0.250. The van der Waals surface area contributed by atoms with Crippen LogP contribution in [0.1, 0.15) is 59.7 Å². The normalized spacial score (nSPS) is 17.8. The molecule has 2 aliphatic rings. The first-order chi connectivity index (χ1) is 18.6. The summed E-state index contributed by atoms with van der Waals surface area (Å²) in [6.45, 7) is 0.355. The molecule has 0 spiro atoms. The zero-order valence-corrected chi connectivity index (χ0v) is 22.4. The molecule has 1 atom stereocenters. The van der Waals surface area contributed by atoms with Crippen molar-refractivity contribution in [1.82, 2.24) is 15.1 Å². The number of nitrogens with one attached hydrogen (secondary N) is 1. The molecule has 0 aliphatic heterocycles. The second-order valence-corrected chi connectivity index (χ2v) is 10.7. The second kappa shape index (κ2) is 10.9. The lowest BCUT2D eigenvalue weighted by atomic mass is 10.0. The van der Waals surface area contributed by atoms with E-state index in [1.807, 2.05) is 16.8 Å². The van der Waals surface area contributed by atoms with Gasteiger partial charge in [-0.2, -0.15) is 0 Å². The molecule has 0 saturated heterocycles. The molecule has 0 amide bonds. The molecule has 0 radical (unpaired) electrons. The molecule has 3 aromatic carbocycles. The predicted octanol–water partition coefficient (Wildman–Crippen LogP) is 8.20. The molecule has 0 unspecified atom stereocenters. The van der Waals surface area contributed by atoms with E-state index < -0.39 is 0 Å². The van der Waals surface area contributed by atoms with E-state index in [0.29, 0.717) is 22.7 Å². The van der Waals surface area contributed by atoms with Gasteiger partial charge in [0.15, 0.2) is 0 Å². The van der Waals surface area contributed by atoms with Gasteiger partial charge in [-0.1, -0.05) is 59.6 Å². The average Bonchev–Trinajstić information content (AvgIpc) is 3.41. The van der Waals surface area contributed by atoms with Gasteiger partial charge in [-0.05, 0) is 97.2 Å². The molecule has 1 N–H and O–H groups in total. The first kappa shape index (κ1) is 25.2. The van der Waals surface area contributed by atoms with Crippen LogP contribution < -0.4 is 10.1 Å². The Morgan fingerprint density at radius 1 is 1.00 bits per heavy atom. The highest BCUT2D eigenvalue weighted by Gasteiger charge is 2.27. The lowest BCUT2D eigenvalue weighted by molar-refractivity contribution is 0.250. The van der Waals surface area contributed by atoms with Crippen molar-refractivity contribution >= 4 is 34.9 Å². The van der Waals surface area contributed by atoms with Crippen molar-refractivity contribution in [3.05, 3.63) is 111 Å². The van der Waals surface area contributed by atoms with Crippen molar-refractivity contribution in [3.8, 4) is 11.6 Å². The van der Waals surface area contributed by atoms with Crippen LogP contribution in [0.2, 0.25) is 10.0 Å². The van der Waals surface area contributed by atoms with Gasteiger partial charge in [0.25, 0.3) is 0 Å². The van der Waals surface area contributed by atoms with Crippen LogP contribution >= 0.6 is 23.2 Å². The summed E-state index contributed by atoms with van der Waals surface area (Å²) in [7, 11) is 0. The van der Waals surface area contributed by atoms with E-state index in [1.54, 1.807) is 18.2 Å². The summed E-state index contributed by atoms with van der Waals surface area (Å²) in [6, 6.07) is 20.8. The van der Waals surface area contributed by atoms with Gasteiger partial charge in [-0.3, -0.25) is 5.32 Å². The first-order valence-corrected chi connectivity index (χ1v) is 13.8. The number of ether oxygens (including phenoxy) is 1. The molecule has 4 aromatic rings. The Kier molecular flexibility index (Phi) is 7.24. The molecule has 0 bridgehead atoms. The van der Waals surface area contributed by atoms with Crippen LogP contribution in [0.15, 0.2) is 66.7 Å². The largest absolute Gasteiger partial charge is 0.460 e. The average molecular weight is 548 g/mol. The standard InChI is InChI=1S/C31H28Cl2FN3O/c32-23-12-16-29(27(33)18-23)37-30-22(17-20-9-13-24(34)14-10-20)6-2-4-8-26(30)31(36-37)38-19-35-28-15-11-21-5-1-3-7-25(21)28/h1,3,5,7,9-10,12-14,16-18,28,35H,2,4,6,8,11,15,19H2/b22-17+/t28-/m1/s1. The minimum absolute atomic E-state index is 0.250. The van der Waals surface area contributed by atoms with Crippen LogP contribution in [0.4, 0.5) is 4.39 Å². The SMILES string of the molecule is Fc1ccc(/C=C2\CCCCc3c(OCN[C@@H]4CCc5ccccc54)nn(-c4ccc(Cl)cc4Cl)c32)cc1. The molecule has 4 nitrogen and oxygen atoms in total. The van der Waals surface area contributed by atoms with E-state index in [0.717, 1.165) is 66.6 Å². The molecular formula is C31H28Cl2FN3O. The van der Waals surface area contributed by atoms with Crippen molar-refractivity contribution in [2.24, 2.45) is 0 Å². The quantitative estimate of drug-likeness (QED) is 0.195. The molecule has 194 valence electrons. The third-order valence-corrected chi connectivity index (χ3v) is 7.93. The molecule has 1 heterocycles. The van der Waals surface area contributed by atoms with Gasteiger partial charge >= 0.3 is 0 Å². The van der Waals surface area contributed by atoms with Crippen LogP contribution in [0.25, 0.3) is 17.3 Å². The third-order valence-electron chi connectivity index (χ3n) is 7.39. The monoisotopic (exact) mass is 547 g/mol. The fourth-order valence-electron chi connectivity index (χ4n) is 5.54. The van der Waals surface area contributed by atoms with E-state index in [4.69, 9.17) is 33.0 Å². The Hall–Kier alpha value is -3.12. The summed E-state index contributed by atoms with van der Waals surface area (Å²) < 4.78 is 21.8. The van der Waals surface area contributed by atoms with Crippen molar-refractivity contribution in [2.75, 3.05) is 6.73 Å². The Morgan fingerprint density at radius 2 is 1.82 bits per heavy atom. The third kappa shape index (κ3) is 5.11. The number of nitrogens with zero attached hydrogens (tertiary/aromatic N) is 2. The van der Waals surface area contributed by atoms with Crippen LogP contribution in [0.5, 0.6) is 5.88 Å². The van der Waals surface area contributed by atoms with Crippen molar-refractivity contribution in [2.45, 2.75) is 44.6 Å². The zero-order chi connectivity index (χ0) is 26.1. The van der Waals surface area contributed by atoms with Crippen LogP contribution in [0, 0.1) is 5.82 Å². The molecule has 2 aliphatic carbocycles. The van der Waals surface area contributed by atoms with Crippen molar-refractivity contribution < 1.29 is 9.13 Å². The fourth-order valence-corrected chi connectivity index (χ4v) is 6.03. The second-order valence-electron chi connectivity index (χ2n) is 9.85. The molecule has 0 saturated carbocycles. The van der Waals surface area contributed by atoms with Gasteiger partial charge in [0, 0.05) is 16.6 Å². The Bertz CT molecular complexity index is 1500. The van der Waals surface area contributed by atoms with Crippen LogP contribution in [-0.4, -0.2) is 16.5 Å². The fraction of sp³-hybridized carbons (Fsp3) is 0.258. The Labute approximate surface area is 232 Å². The lowest BCUT2D eigenvalue weighted by Crippen LogP contribution is -2.24. The maximum atomic E-state index is 13.6. The summed E-state index contributed by atoms with van der Waals surface area (Å²) in [5.41, 5.74) is 7.59. The number of halogens is 3. The summed E-state index contributed by atoms with van der Waals surface area (Å²) in [5.74, 6) is 0.358. The minimum Gasteiger partial charge on any atom is -0.460 e. The number of aromatic nitrogens is 2. The highest BCUT2D eigenvalue weighted by Crippen LogP contribution is 2.39. The number of benzene rings is 3. The number of hydrogen-bond donors (Lipinski definition) is 1. The molecule has 38 heavy (non-hydrogen) atoms. The van der Waals surface area contributed by atoms with Crippen LogP contribution in [-0.2, 0) is 12.8 Å². The number of hydrogen-bond acceptors (Lipinski definition) is 3. The summed E-state index contributed by atoms with van der Waals surface area (Å²) in [5, 5.41) is 9.58. The number of allylic oxidation sites excluding steroid dienone is 1. The molecule has 6 rings (SSSR count). The topological polar surface area (TPSA) is 39.1 Å². The van der Waals surface area contributed by atoms with E-state index in [9.17, 15) is 4.39 Å². The molecular weight excluding hydrogens is 520 g/mol. The van der Waals surface area contributed by atoms with Gasteiger partial charge < -0.3 is 4.74 Å². The highest BCUT2D eigenvalue weighted by atomic mass is 35.5. The summed E-state index contributed by atoms with van der Waals surface area (Å²) in [6.07, 6.45) is 8.02. The number of fused-ring (bicyclic) bond motifs is 2. The smallest absolute Gasteiger partial charge is 0.238 e. The number of aryl methyl sites for hydroxylation is 1. The molecule has 1 aromatic heterocycles. The lowest BCUT2D eigenvalue weighted by Gasteiger charge is -2.14. The zero-order valence-electron chi connectivity index (χ0n) is 20.9. The van der Waals surface area contributed by atoms with E-state index in [1.165, 1.54) is 23.3 Å². The van der Waals surface area contributed by atoms with Crippen molar-refractivity contribution in [1.29, 1.82) is 0 Å². The van der Waals surface area contributed by atoms with Gasteiger partial charge in [0.2, 0.25) is 5.88 Å². The van der Waals surface area contributed by atoms with Gasteiger partial charge in [-0.15, -0.1) is 5.10 Å². The Morgan fingerprint density at radius 3 is 2.66 bits per heavy atom. The maximum Gasteiger partial charge on any atom is 0.238 e. The Balaban J connectivity index is 1.36. The summed E-state index contributed by atoms with van der Waals surface area (Å²) >= 11 is 12.9. The van der Waals surface area contributed by atoms with E-state index in [2.05, 4.69) is 35.7 Å². The maximum absolute atomic E-state index is 13.6. The first-order valence-electron chi connectivity index (χ1n) is 13.0. The van der Waals surface area contributed by atoms with Gasteiger partial charge in [-0.25, -0.2) is 9.07 Å².